The maximum atomic E-state index is 11.5. The third-order valence-corrected chi connectivity index (χ3v) is 3.01. The number of benzene rings is 1. The van der Waals surface area contributed by atoms with Gasteiger partial charge in [0, 0.05) is 17.3 Å². The summed E-state index contributed by atoms with van der Waals surface area (Å²) in [5.74, 6) is 0.0373. The topological polar surface area (TPSA) is 84.7 Å². The summed E-state index contributed by atoms with van der Waals surface area (Å²) in [6.07, 6.45) is 0. The molecule has 2 rings (SSSR count). The Kier molecular flexibility index (Phi) is 3.71. The quantitative estimate of drug-likeness (QED) is 0.760. The molecule has 3 N–H and O–H groups in total. The fraction of sp³-hybridized carbons (Fsp3) is 0.385. The molecule has 0 spiro atoms. The molecule has 102 valence electrons. The number of piperazine rings is 1. The van der Waals surface area contributed by atoms with Crippen molar-refractivity contribution in [1.29, 1.82) is 0 Å². The number of hydrogen-bond donors (Lipinski definition) is 2. The van der Waals surface area contributed by atoms with E-state index in [9.17, 15) is 9.59 Å². The molecular weight excluding hydrogens is 246 g/mol. The van der Waals surface area contributed by atoms with E-state index < -0.39 is 0 Å². The highest BCUT2D eigenvalue weighted by atomic mass is 16.5. The highest BCUT2D eigenvalue weighted by Gasteiger charge is 2.26. The molecule has 1 atom stereocenters. The van der Waals surface area contributed by atoms with Gasteiger partial charge in [-0.15, -0.1) is 0 Å². The van der Waals surface area contributed by atoms with Crippen LogP contribution >= 0.6 is 0 Å². The average Bonchev–Trinajstić information content (AvgIpc) is 2.36. The van der Waals surface area contributed by atoms with Gasteiger partial charge in [-0.25, -0.2) is 0 Å². The van der Waals surface area contributed by atoms with Gasteiger partial charge in [-0.05, 0) is 19.1 Å². The third-order valence-electron chi connectivity index (χ3n) is 3.01. The first-order valence-electron chi connectivity index (χ1n) is 6.03. The van der Waals surface area contributed by atoms with E-state index in [1.54, 1.807) is 12.0 Å². The van der Waals surface area contributed by atoms with Crippen LogP contribution in [0, 0.1) is 0 Å². The molecule has 1 aliphatic rings. The van der Waals surface area contributed by atoms with Gasteiger partial charge in [-0.3, -0.25) is 14.9 Å². The standard InChI is InChI=1S/C13H17N3O3/c1-8(14)13-9(4-3-5-10(13)19-2)16-6-11(17)15-12(18)7-16/h3-5,8H,6-7,14H2,1-2H3,(H,15,17,18). The number of imide groups is 1. The van der Waals surface area contributed by atoms with Crippen LogP contribution in [0.2, 0.25) is 0 Å². The third kappa shape index (κ3) is 2.68. The molecule has 0 aromatic heterocycles. The molecule has 0 saturated carbocycles. The van der Waals surface area contributed by atoms with Crippen molar-refractivity contribution >= 4 is 17.5 Å². The lowest BCUT2D eigenvalue weighted by atomic mass is 10.0. The number of methoxy groups -OCH3 is 1. The van der Waals surface area contributed by atoms with Crippen molar-refractivity contribution in [3.63, 3.8) is 0 Å². The van der Waals surface area contributed by atoms with Crippen LogP contribution in [0.3, 0.4) is 0 Å². The normalized spacial score (nSPS) is 17.1. The number of nitrogens with zero attached hydrogens (tertiary/aromatic N) is 1. The molecule has 0 bridgehead atoms. The molecule has 0 radical (unpaired) electrons. The van der Waals surface area contributed by atoms with Crippen molar-refractivity contribution in [2.45, 2.75) is 13.0 Å². The van der Waals surface area contributed by atoms with Crippen LogP contribution in [0.5, 0.6) is 5.75 Å². The van der Waals surface area contributed by atoms with Crippen LogP contribution in [-0.2, 0) is 9.59 Å². The largest absolute Gasteiger partial charge is 0.496 e. The second kappa shape index (κ2) is 5.27. The lowest BCUT2D eigenvalue weighted by Gasteiger charge is -2.30. The summed E-state index contributed by atoms with van der Waals surface area (Å²) in [6.45, 7) is 2.12. The van der Waals surface area contributed by atoms with Gasteiger partial charge in [0.25, 0.3) is 0 Å². The Morgan fingerprint density at radius 2 is 1.95 bits per heavy atom. The van der Waals surface area contributed by atoms with E-state index in [4.69, 9.17) is 10.5 Å². The SMILES string of the molecule is COc1cccc(N2CC(=O)NC(=O)C2)c1C(C)N. The van der Waals surface area contributed by atoms with Gasteiger partial charge >= 0.3 is 0 Å². The monoisotopic (exact) mass is 263 g/mol. The molecule has 1 heterocycles. The van der Waals surface area contributed by atoms with E-state index in [0.29, 0.717) is 5.75 Å². The maximum Gasteiger partial charge on any atom is 0.246 e. The summed E-state index contributed by atoms with van der Waals surface area (Å²) in [5.41, 5.74) is 7.53. The van der Waals surface area contributed by atoms with Crippen molar-refractivity contribution in [3.8, 4) is 5.75 Å². The Morgan fingerprint density at radius 3 is 2.47 bits per heavy atom. The maximum absolute atomic E-state index is 11.5. The highest BCUT2D eigenvalue weighted by molar-refractivity contribution is 6.02. The summed E-state index contributed by atoms with van der Waals surface area (Å²) < 4.78 is 5.30. The molecule has 1 saturated heterocycles. The van der Waals surface area contributed by atoms with Crippen LogP contribution in [0.15, 0.2) is 18.2 Å². The van der Waals surface area contributed by atoms with Gasteiger partial charge in [0.05, 0.1) is 20.2 Å². The summed E-state index contributed by atoms with van der Waals surface area (Å²) >= 11 is 0. The Labute approximate surface area is 111 Å². The highest BCUT2D eigenvalue weighted by Crippen LogP contribution is 2.33. The van der Waals surface area contributed by atoms with E-state index in [1.807, 2.05) is 25.1 Å². The first-order valence-corrected chi connectivity index (χ1v) is 6.03. The predicted octanol–water partition coefficient (Wildman–Crippen LogP) is 0.178. The molecular formula is C13H17N3O3. The molecule has 0 aliphatic carbocycles. The van der Waals surface area contributed by atoms with Gasteiger partial charge in [0.15, 0.2) is 0 Å². The van der Waals surface area contributed by atoms with Gasteiger partial charge in [0.1, 0.15) is 5.75 Å². The second-order valence-electron chi connectivity index (χ2n) is 4.51. The molecule has 2 amide bonds. The van der Waals surface area contributed by atoms with E-state index in [2.05, 4.69) is 5.32 Å². The Hall–Kier alpha value is -2.08. The zero-order valence-corrected chi connectivity index (χ0v) is 11.0. The first kappa shape index (κ1) is 13.4. The number of carbonyl (C=O) groups excluding carboxylic acids is 2. The van der Waals surface area contributed by atoms with E-state index in [1.165, 1.54) is 0 Å². The summed E-state index contributed by atoms with van der Waals surface area (Å²) in [7, 11) is 1.57. The number of ether oxygens (including phenoxy) is 1. The zero-order valence-electron chi connectivity index (χ0n) is 11.0. The molecule has 1 aliphatic heterocycles. The summed E-state index contributed by atoms with van der Waals surface area (Å²) in [6, 6.07) is 5.21. The Balaban J connectivity index is 2.43. The fourth-order valence-corrected chi connectivity index (χ4v) is 2.25. The molecule has 1 aromatic carbocycles. The smallest absolute Gasteiger partial charge is 0.246 e. The Morgan fingerprint density at radius 1 is 1.32 bits per heavy atom. The van der Waals surface area contributed by atoms with Crippen molar-refractivity contribution in [1.82, 2.24) is 5.32 Å². The lowest BCUT2D eigenvalue weighted by molar-refractivity contribution is -0.130. The summed E-state index contributed by atoms with van der Waals surface area (Å²) in [4.78, 5) is 24.6. The van der Waals surface area contributed by atoms with Crippen LogP contribution in [0.25, 0.3) is 0 Å². The van der Waals surface area contributed by atoms with Gasteiger partial charge in [-0.2, -0.15) is 0 Å². The van der Waals surface area contributed by atoms with E-state index >= 15 is 0 Å². The average molecular weight is 263 g/mol. The lowest BCUT2D eigenvalue weighted by Crippen LogP contribution is -2.51. The van der Waals surface area contributed by atoms with Crippen LogP contribution < -0.4 is 20.7 Å². The molecule has 19 heavy (non-hydrogen) atoms. The molecule has 6 nitrogen and oxygen atoms in total. The molecule has 6 heteroatoms. The number of nitrogens with one attached hydrogen (secondary N) is 1. The Bertz CT molecular complexity index is 498. The van der Waals surface area contributed by atoms with Crippen molar-refractivity contribution in [3.05, 3.63) is 23.8 Å². The molecule has 1 aromatic rings. The predicted molar refractivity (Wildman–Crippen MR) is 71.0 cm³/mol. The zero-order chi connectivity index (χ0) is 14.0. The minimum Gasteiger partial charge on any atom is -0.496 e. The second-order valence-corrected chi connectivity index (χ2v) is 4.51. The van der Waals surface area contributed by atoms with Crippen LogP contribution in [-0.4, -0.2) is 32.0 Å². The van der Waals surface area contributed by atoms with Gasteiger partial charge < -0.3 is 15.4 Å². The molecule has 1 unspecified atom stereocenters. The van der Waals surface area contributed by atoms with Crippen LogP contribution in [0.1, 0.15) is 18.5 Å². The number of carbonyl (C=O) groups is 2. The number of rotatable bonds is 3. The number of hydrogen-bond acceptors (Lipinski definition) is 5. The van der Waals surface area contributed by atoms with Gasteiger partial charge in [-0.1, -0.05) is 6.07 Å². The fourth-order valence-electron chi connectivity index (χ4n) is 2.25. The minimum absolute atomic E-state index is 0.138. The minimum atomic E-state index is -0.310. The first-order chi connectivity index (χ1) is 9.02. The van der Waals surface area contributed by atoms with Crippen LogP contribution in [0.4, 0.5) is 5.69 Å². The van der Waals surface area contributed by atoms with Crippen molar-refractivity contribution in [2.24, 2.45) is 5.73 Å². The van der Waals surface area contributed by atoms with Crippen molar-refractivity contribution < 1.29 is 14.3 Å². The van der Waals surface area contributed by atoms with E-state index in [0.717, 1.165) is 11.3 Å². The van der Waals surface area contributed by atoms with E-state index in [-0.39, 0.29) is 30.9 Å². The van der Waals surface area contributed by atoms with Gasteiger partial charge in [0.2, 0.25) is 11.8 Å². The molecule has 1 fully saturated rings. The van der Waals surface area contributed by atoms with Crippen molar-refractivity contribution in [2.75, 3.05) is 25.1 Å². The number of anilines is 1. The summed E-state index contributed by atoms with van der Waals surface area (Å²) in [5, 5.41) is 2.27. The number of amides is 2. The number of nitrogens with two attached hydrogens (primary N) is 1.